The predicted octanol–water partition coefficient (Wildman–Crippen LogP) is 2.36. The minimum atomic E-state index is -0.268. The number of aryl methyl sites for hydroxylation is 1. The molecule has 0 atom stereocenters. The molecule has 0 saturated heterocycles. The summed E-state index contributed by atoms with van der Waals surface area (Å²) in [6, 6.07) is 19.6. The van der Waals surface area contributed by atoms with Crippen LogP contribution in [0.4, 0.5) is 0 Å². The number of benzene rings is 2. The summed E-state index contributed by atoms with van der Waals surface area (Å²) >= 11 is 0. The van der Waals surface area contributed by atoms with Gasteiger partial charge in [0.15, 0.2) is 5.65 Å². The third-order valence-electron chi connectivity index (χ3n) is 4.81. The van der Waals surface area contributed by atoms with Crippen molar-refractivity contribution in [2.45, 2.75) is 19.6 Å². The van der Waals surface area contributed by atoms with Crippen molar-refractivity contribution in [2.24, 2.45) is 7.05 Å². The Bertz CT molecular complexity index is 1140. The predicted molar refractivity (Wildman–Crippen MR) is 110 cm³/mol. The molecule has 2 heterocycles. The molecule has 4 rings (SSSR count). The lowest BCUT2D eigenvalue weighted by molar-refractivity contribution is -0.133. The van der Waals surface area contributed by atoms with E-state index >= 15 is 0 Å². The summed E-state index contributed by atoms with van der Waals surface area (Å²) in [6.07, 6.45) is 2.89. The number of carbonyl (C=O) groups excluding carboxylic acids is 1. The van der Waals surface area contributed by atoms with E-state index in [1.807, 2.05) is 60.7 Å². The van der Waals surface area contributed by atoms with Crippen molar-refractivity contribution in [3.8, 4) is 0 Å². The lowest BCUT2D eigenvalue weighted by atomic mass is 10.1. The summed E-state index contributed by atoms with van der Waals surface area (Å²) in [5.74, 6) is -0.148. The molecule has 0 saturated carbocycles. The molecule has 0 N–H and O–H groups in total. The molecule has 146 valence electrons. The Morgan fingerprint density at radius 1 is 0.966 bits per heavy atom. The number of carbonyl (C=O) groups is 1. The average molecular weight is 387 g/mol. The van der Waals surface area contributed by atoms with Gasteiger partial charge in [0.2, 0.25) is 5.91 Å². The number of nitrogens with zero attached hydrogens (tertiary/aromatic N) is 5. The van der Waals surface area contributed by atoms with Gasteiger partial charge in [-0.15, -0.1) is 0 Å². The molecule has 0 aliphatic heterocycles. The van der Waals surface area contributed by atoms with Crippen molar-refractivity contribution in [1.82, 2.24) is 24.2 Å². The fraction of sp³-hybridized carbons (Fsp3) is 0.182. The zero-order valence-corrected chi connectivity index (χ0v) is 16.1. The summed E-state index contributed by atoms with van der Waals surface area (Å²) in [5.41, 5.74) is 2.30. The second-order valence-electron chi connectivity index (χ2n) is 6.90. The molecule has 2 aromatic heterocycles. The maximum Gasteiger partial charge on any atom is 0.264 e. The molecule has 0 unspecified atom stereocenters. The molecule has 7 nitrogen and oxygen atoms in total. The van der Waals surface area contributed by atoms with Crippen molar-refractivity contribution >= 4 is 16.9 Å². The molecule has 0 spiro atoms. The van der Waals surface area contributed by atoms with E-state index < -0.39 is 0 Å². The van der Waals surface area contributed by atoms with Crippen LogP contribution in [-0.2, 0) is 31.5 Å². The van der Waals surface area contributed by atoms with Crippen molar-refractivity contribution < 1.29 is 4.79 Å². The molecule has 0 aliphatic rings. The second kappa shape index (κ2) is 8.10. The van der Waals surface area contributed by atoms with Gasteiger partial charge in [-0.1, -0.05) is 60.7 Å². The van der Waals surface area contributed by atoms with Crippen LogP contribution in [-0.4, -0.2) is 30.1 Å². The highest BCUT2D eigenvalue weighted by Gasteiger charge is 2.17. The van der Waals surface area contributed by atoms with Crippen LogP contribution in [0.25, 0.3) is 11.0 Å². The first-order valence-corrected chi connectivity index (χ1v) is 9.34. The zero-order valence-electron chi connectivity index (χ0n) is 16.1. The Morgan fingerprint density at radius 3 is 2.14 bits per heavy atom. The molecule has 29 heavy (non-hydrogen) atoms. The van der Waals surface area contributed by atoms with Crippen LogP contribution in [0.3, 0.4) is 0 Å². The van der Waals surface area contributed by atoms with Crippen molar-refractivity contribution in [3.05, 3.63) is 94.7 Å². The Labute approximate surface area is 167 Å². The number of amides is 1. The van der Waals surface area contributed by atoms with Crippen LogP contribution < -0.4 is 5.56 Å². The Morgan fingerprint density at radius 2 is 1.55 bits per heavy atom. The SMILES string of the molecule is Cn1ncc2c(=O)n(CC(=O)N(Cc3ccccc3)Cc3ccccc3)cnc21. The molecule has 0 radical (unpaired) electrons. The van der Waals surface area contributed by atoms with Gasteiger partial charge < -0.3 is 4.90 Å². The lowest BCUT2D eigenvalue weighted by Gasteiger charge is -2.23. The van der Waals surface area contributed by atoms with E-state index in [2.05, 4.69) is 10.1 Å². The largest absolute Gasteiger partial charge is 0.332 e. The molecule has 0 fully saturated rings. The van der Waals surface area contributed by atoms with E-state index in [1.54, 1.807) is 16.6 Å². The van der Waals surface area contributed by atoms with Gasteiger partial charge >= 0.3 is 0 Å². The molecule has 1 amide bonds. The van der Waals surface area contributed by atoms with Gasteiger partial charge in [-0.05, 0) is 11.1 Å². The van der Waals surface area contributed by atoms with Gasteiger partial charge in [0.05, 0.1) is 6.20 Å². The normalized spacial score (nSPS) is 10.9. The van der Waals surface area contributed by atoms with Gasteiger partial charge in [0.25, 0.3) is 5.56 Å². The minimum absolute atomic E-state index is 0.0731. The molecule has 7 heteroatoms. The molecule has 2 aromatic carbocycles. The third kappa shape index (κ3) is 4.08. The van der Waals surface area contributed by atoms with Gasteiger partial charge in [0, 0.05) is 20.1 Å². The van der Waals surface area contributed by atoms with Crippen LogP contribution in [0.2, 0.25) is 0 Å². The summed E-state index contributed by atoms with van der Waals surface area (Å²) in [6.45, 7) is 0.855. The van der Waals surface area contributed by atoms with Crippen molar-refractivity contribution in [3.63, 3.8) is 0 Å². The smallest absolute Gasteiger partial charge is 0.264 e. The summed E-state index contributed by atoms with van der Waals surface area (Å²) in [5, 5.41) is 4.47. The Balaban J connectivity index is 1.60. The van der Waals surface area contributed by atoms with E-state index in [1.165, 1.54) is 17.1 Å². The first-order valence-electron chi connectivity index (χ1n) is 9.34. The van der Waals surface area contributed by atoms with E-state index in [9.17, 15) is 9.59 Å². The quantitative estimate of drug-likeness (QED) is 0.509. The van der Waals surface area contributed by atoms with Gasteiger partial charge in [0.1, 0.15) is 18.3 Å². The Kier molecular flexibility index (Phi) is 5.20. The van der Waals surface area contributed by atoms with Crippen LogP contribution in [0.5, 0.6) is 0 Å². The second-order valence-corrected chi connectivity index (χ2v) is 6.90. The topological polar surface area (TPSA) is 73.0 Å². The fourth-order valence-corrected chi connectivity index (χ4v) is 3.26. The minimum Gasteiger partial charge on any atom is -0.332 e. The highest BCUT2D eigenvalue weighted by Crippen LogP contribution is 2.11. The molecular weight excluding hydrogens is 366 g/mol. The van der Waals surface area contributed by atoms with E-state index in [4.69, 9.17) is 0 Å². The van der Waals surface area contributed by atoms with Gasteiger partial charge in [-0.2, -0.15) is 5.10 Å². The summed E-state index contributed by atoms with van der Waals surface area (Å²) in [7, 11) is 1.73. The van der Waals surface area contributed by atoms with Crippen molar-refractivity contribution in [1.29, 1.82) is 0 Å². The maximum atomic E-state index is 13.1. The van der Waals surface area contributed by atoms with E-state index in [0.29, 0.717) is 24.1 Å². The van der Waals surface area contributed by atoms with Crippen LogP contribution in [0, 0.1) is 0 Å². The number of fused-ring (bicyclic) bond motifs is 1. The number of hydrogen-bond donors (Lipinski definition) is 0. The fourth-order valence-electron chi connectivity index (χ4n) is 3.26. The standard InChI is InChI=1S/C22H21N5O2/c1-25-21-19(12-24-25)22(29)27(16-23-21)15-20(28)26(13-17-8-4-2-5-9-17)14-18-10-6-3-7-11-18/h2-12,16H,13-15H2,1H3. The van der Waals surface area contributed by atoms with Gasteiger partial charge in [-0.3, -0.25) is 18.8 Å². The first-order chi connectivity index (χ1) is 14.1. The number of rotatable bonds is 6. The molecule has 4 aromatic rings. The highest BCUT2D eigenvalue weighted by atomic mass is 16.2. The molecule has 0 bridgehead atoms. The van der Waals surface area contributed by atoms with Crippen LogP contribution in [0.1, 0.15) is 11.1 Å². The van der Waals surface area contributed by atoms with E-state index in [0.717, 1.165) is 11.1 Å². The zero-order chi connectivity index (χ0) is 20.2. The number of hydrogen-bond acceptors (Lipinski definition) is 4. The molecular formula is C22H21N5O2. The highest BCUT2D eigenvalue weighted by molar-refractivity contribution is 5.77. The first kappa shape index (κ1) is 18.6. The maximum absolute atomic E-state index is 13.1. The monoisotopic (exact) mass is 387 g/mol. The third-order valence-corrected chi connectivity index (χ3v) is 4.81. The number of aromatic nitrogens is 4. The summed E-state index contributed by atoms with van der Waals surface area (Å²) in [4.78, 5) is 31.9. The van der Waals surface area contributed by atoms with Crippen LogP contribution in [0.15, 0.2) is 78.0 Å². The lowest BCUT2D eigenvalue weighted by Crippen LogP contribution is -2.36. The average Bonchev–Trinajstić information content (AvgIpc) is 3.12. The van der Waals surface area contributed by atoms with Crippen LogP contribution >= 0.6 is 0 Å². The van der Waals surface area contributed by atoms with E-state index in [-0.39, 0.29) is 18.0 Å². The Hall–Kier alpha value is -3.74. The molecule has 0 aliphatic carbocycles. The van der Waals surface area contributed by atoms with Gasteiger partial charge in [-0.25, -0.2) is 4.98 Å². The summed E-state index contributed by atoms with van der Waals surface area (Å²) < 4.78 is 2.88. The van der Waals surface area contributed by atoms with Crippen molar-refractivity contribution in [2.75, 3.05) is 0 Å².